The molecule has 2 aliphatic rings. The van der Waals surface area contributed by atoms with Gasteiger partial charge in [-0.25, -0.2) is 4.79 Å². The Morgan fingerprint density at radius 2 is 1.96 bits per heavy atom. The number of carbonyl (C=O) groups excluding carboxylic acids is 3. The monoisotopic (exact) mass is 371 g/mol. The first-order chi connectivity index (χ1) is 12.5. The molecule has 0 aromatic heterocycles. The van der Waals surface area contributed by atoms with E-state index in [1.807, 2.05) is 32.0 Å². The van der Waals surface area contributed by atoms with Crippen LogP contribution in [0.25, 0.3) is 0 Å². The lowest BCUT2D eigenvalue weighted by molar-refractivity contribution is -0.136. The number of benzene rings is 1. The standard InChI is InChI=1S/C21H29N3O3/c1-13-6-7-16(15(3)8-13)22-17(25)11-24-18(26)21(23-19(24)27)10-14(2)9-20(4,5)12-21/h6-8,14H,9-12H2,1-5H3,(H,22,25)(H,23,27)/t14-,21+/m0/s1. The third-order valence-corrected chi connectivity index (χ3v) is 5.58. The molecule has 1 aliphatic carbocycles. The minimum atomic E-state index is -0.877. The van der Waals surface area contributed by atoms with E-state index in [0.29, 0.717) is 24.4 Å². The summed E-state index contributed by atoms with van der Waals surface area (Å²) < 4.78 is 0. The molecule has 0 bridgehead atoms. The third-order valence-electron chi connectivity index (χ3n) is 5.58. The largest absolute Gasteiger partial charge is 0.325 e. The van der Waals surface area contributed by atoms with Crippen LogP contribution in [0.1, 0.15) is 51.2 Å². The van der Waals surface area contributed by atoms with Gasteiger partial charge in [-0.15, -0.1) is 0 Å². The molecule has 2 atom stereocenters. The fourth-order valence-electron chi connectivity index (χ4n) is 4.94. The Kier molecular flexibility index (Phi) is 4.78. The quantitative estimate of drug-likeness (QED) is 0.800. The molecule has 3 rings (SSSR count). The van der Waals surface area contributed by atoms with E-state index in [9.17, 15) is 14.4 Å². The zero-order chi connectivity index (χ0) is 20.0. The van der Waals surface area contributed by atoms with Crippen molar-refractivity contribution >= 4 is 23.5 Å². The molecule has 6 nitrogen and oxygen atoms in total. The van der Waals surface area contributed by atoms with Crippen molar-refractivity contribution in [2.45, 2.75) is 59.4 Å². The summed E-state index contributed by atoms with van der Waals surface area (Å²) in [5.74, 6) is -0.310. The molecule has 1 saturated carbocycles. The molecule has 1 aliphatic heterocycles. The summed E-state index contributed by atoms with van der Waals surface area (Å²) >= 11 is 0. The van der Waals surface area contributed by atoms with Crippen LogP contribution in [0.15, 0.2) is 18.2 Å². The normalized spacial score (nSPS) is 27.0. The van der Waals surface area contributed by atoms with Crippen molar-refractivity contribution in [3.05, 3.63) is 29.3 Å². The van der Waals surface area contributed by atoms with Gasteiger partial charge < -0.3 is 10.6 Å². The number of nitrogens with one attached hydrogen (secondary N) is 2. The van der Waals surface area contributed by atoms with Crippen LogP contribution in [0.3, 0.4) is 0 Å². The highest BCUT2D eigenvalue weighted by Crippen LogP contribution is 2.46. The van der Waals surface area contributed by atoms with Gasteiger partial charge in [-0.2, -0.15) is 0 Å². The van der Waals surface area contributed by atoms with Crippen LogP contribution in [-0.2, 0) is 9.59 Å². The molecule has 1 aromatic rings. The highest BCUT2D eigenvalue weighted by Gasteiger charge is 2.56. The molecule has 27 heavy (non-hydrogen) atoms. The average Bonchev–Trinajstić information content (AvgIpc) is 2.72. The second kappa shape index (κ2) is 6.66. The first-order valence-corrected chi connectivity index (χ1v) is 9.53. The van der Waals surface area contributed by atoms with E-state index in [0.717, 1.165) is 22.4 Å². The molecule has 146 valence electrons. The van der Waals surface area contributed by atoms with Gasteiger partial charge in [0.1, 0.15) is 12.1 Å². The lowest BCUT2D eigenvalue weighted by Gasteiger charge is -2.43. The number of imide groups is 1. The molecule has 0 unspecified atom stereocenters. The lowest BCUT2D eigenvalue weighted by Crippen LogP contribution is -2.54. The smallest absolute Gasteiger partial charge is 0.324 e. The van der Waals surface area contributed by atoms with Crippen LogP contribution in [0.5, 0.6) is 0 Å². The summed E-state index contributed by atoms with van der Waals surface area (Å²) in [6.45, 7) is 9.99. The van der Waals surface area contributed by atoms with Crippen molar-refractivity contribution in [1.29, 1.82) is 0 Å². The zero-order valence-electron chi connectivity index (χ0n) is 16.8. The Morgan fingerprint density at radius 1 is 1.26 bits per heavy atom. The number of aryl methyl sites for hydroxylation is 2. The molecule has 6 heteroatoms. The summed E-state index contributed by atoms with van der Waals surface area (Å²) in [6, 6.07) is 5.25. The van der Waals surface area contributed by atoms with E-state index in [4.69, 9.17) is 0 Å². The fourth-order valence-corrected chi connectivity index (χ4v) is 4.94. The number of carbonyl (C=O) groups is 3. The fraction of sp³-hybridized carbons (Fsp3) is 0.571. The molecule has 1 heterocycles. The molecular weight excluding hydrogens is 342 g/mol. The van der Waals surface area contributed by atoms with Crippen molar-refractivity contribution < 1.29 is 14.4 Å². The molecular formula is C21H29N3O3. The number of hydrogen-bond acceptors (Lipinski definition) is 3. The number of rotatable bonds is 3. The molecule has 2 fully saturated rings. The minimum Gasteiger partial charge on any atom is -0.324 e. The van der Waals surface area contributed by atoms with Crippen LogP contribution < -0.4 is 10.6 Å². The molecule has 1 spiro atoms. The molecule has 4 amide bonds. The lowest BCUT2D eigenvalue weighted by atomic mass is 9.64. The molecule has 1 aromatic carbocycles. The highest BCUT2D eigenvalue weighted by atomic mass is 16.2. The van der Waals surface area contributed by atoms with Crippen molar-refractivity contribution in [3.8, 4) is 0 Å². The molecule has 0 radical (unpaired) electrons. The maximum Gasteiger partial charge on any atom is 0.325 e. The Morgan fingerprint density at radius 3 is 2.59 bits per heavy atom. The van der Waals surface area contributed by atoms with Gasteiger partial charge in [-0.3, -0.25) is 14.5 Å². The summed E-state index contributed by atoms with van der Waals surface area (Å²) in [5, 5.41) is 5.71. The van der Waals surface area contributed by atoms with Crippen LogP contribution in [0.2, 0.25) is 0 Å². The summed E-state index contributed by atoms with van der Waals surface area (Å²) in [4.78, 5) is 39.1. The average molecular weight is 371 g/mol. The van der Waals surface area contributed by atoms with E-state index >= 15 is 0 Å². The van der Waals surface area contributed by atoms with Gasteiger partial charge in [0.05, 0.1) is 0 Å². The van der Waals surface area contributed by atoms with Gasteiger partial charge in [0.2, 0.25) is 5.91 Å². The van der Waals surface area contributed by atoms with Gasteiger partial charge in [0.15, 0.2) is 0 Å². The first kappa shape index (κ1) is 19.4. The van der Waals surface area contributed by atoms with Gasteiger partial charge >= 0.3 is 6.03 Å². The Bertz CT molecular complexity index is 802. The van der Waals surface area contributed by atoms with Crippen LogP contribution in [-0.4, -0.2) is 34.8 Å². The third kappa shape index (κ3) is 3.84. The predicted octanol–water partition coefficient (Wildman–Crippen LogP) is 3.38. The zero-order valence-corrected chi connectivity index (χ0v) is 16.8. The maximum atomic E-state index is 13.1. The summed E-state index contributed by atoms with van der Waals surface area (Å²) in [6.07, 6.45) is 2.24. The predicted molar refractivity (Wildman–Crippen MR) is 104 cm³/mol. The number of urea groups is 1. The summed E-state index contributed by atoms with van der Waals surface area (Å²) in [5.41, 5.74) is 1.84. The Labute approximate surface area is 160 Å². The van der Waals surface area contributed by atoms with E-state index < -0.39 is 11.6 Å². The van der Waals surface area contributed by atoms with E-state index in [1.54, 1.807) is 0 Å². The van der Waals surface area contributed by atoms with Gasteiger partial charge in [0.25, 0.3) is 5.91 Å². The van der Waals surface area contributed by atoms with E-state index in [1.165, 1.54) is 0 Å². The van der Waals surface area contributed by atoms with Crippen LogP contribution in [0, 0.1) is 25.2 Å². The number of hydrogen-bond donors (Lipinski definition) is 2. The molecule has 2 N–H and O–H groups in total. The minimum absolute atomic E-state index is 0.0299. The topological polar surface area (TPSA) is 78.5 Å². The number of amides is 4. The first-order valence-electron chi connectivity index (χ1n) is 9.53. The van der Waals surface area contributed by atoms with Gasteiger partial charge in [-0.1, -0.05) is 38.5 Å². The van der Waals surface area contributed by atoms with Gasteiger partial charge in [0, 0.05) is 5.69 Å². The van der Waals surface area contributed by atoms with Crippen molar-refractivity contribution in [2.24, 2.45) is 11.3 Å². The van der Waals surface area contributed by atoms with Crippen LogP contribution in [0.4, 0.5) is 10.5 Å². The SMILES string of the molecule is Cc1ccc(NC(=O)CN2C(=O)N[C@@]3(C[C@@H](C)CC(C)(C)C3)C2=O)c(C)c1. The summed E-state index contributed by atoms with van der Waals surface area (Å²) in [7, 11) is 0. The van der Waals surface area contributed by atoms with Crippen molar-refractivity contribution in [3.63, 3.8) is 0 Å². The molecule has 1 saturated heterocycles. The number of nitrogens with zero attached hydrogens (tertiary/aromatic N) is 1. The second-order valence-corrected chi connectivity index (χ2v) is 9.12. The maximum absolute atomic E-state index is 13.1. The van der Waals surface area contributed by atoms with E-state index in [-0.39, 0.29) is 23.8 Å². The van der Waals surface area contributed by atoms with Gasteiger partial charge in [-0.05, 0) is 56.1 Å². The van der Waals surface area contributed by atoms with Crippen molar-refractivity contribution in [1.82, 2.24) is 10.2 Å². The Hall–Kier alpha value is -2.37. The Balaban J connectivity index is 1.73. The van der Waals surface area contributed by atoms with E-state index in [2.05, 4.69) is 31.4 Å². The second-order valence-electron chi connectivity index (χ2n) is 9.12. The van der Waals surface area contributed by atoms with Crippen molar-refractivity contribution in [2.75, 3.05) is 11.9 Å². The highest BCUT2D eigenvalue weighted by molar-refractivity contribution is 6.10. The number of anilines is 1. The van der Waals surface area contributed by atoms with Crippen LogP contribution >= 0.6 is 0 Å².